The van der Waals surface area contributed by atoms with Gasteiger partial charge in [-0.2, -0.15) is 4.31 Å². The van der Waals surface area contributed by atoms with Gasteiger partial charge in [-0.15, -0.1) is 0 Å². The van der Waals surface area contributed by atoms with Crippen molar-refractivity contribution in [3.8, 4) is 0 Å². The van der Waals surface area contributed by atoms with E-state index in [9.17, 15) is 18.0 Å². The Morgan fingerprint density at radius 1 is 1.06 bits per heavy atom. The second-order valence-corrected chi connectivity index (χ2v) is 10.2. The summed E-state index contributed by atoms with van der Waals surface area (Å²) in [7, 11) is -3.60. The van der Waals surface area contributed by atoms with E-state index in [-0.39, 0.29) is 23.1 Å². The molecule has 2 amide bonds. The van der Waals surface area contributed by atoms with Gasteiger partial charge in [0.05, 0.1) is 15.6 Å². The summed E-state index contributed by atoms with van der Waals surface area (Å²) in [5.41, 5.74) is 1.68. The fraction of sp³-hybridized carbons (Fsp3) is 0.364. The molecule has 9 heteroatoms. The third kappa shape index (κ3) is 4.20. The van der Waals surface area contributed by atoms with Crippen molar-refractivity contribution in [3.05, 3.63) is 53.1 Å². The average molecular weight is 462 g/mol. The number of nitrogens with one attached hydrogen (secondary N) is 1. The molecule has 0 aromatic heterocycles. The highest BCUT2D eigenvalue weighted by molar-refractivity contribution is 7.89. The minimum absolute atomic E-state index is 0.198. The Balaban J connectivity index is 1.62. The van der Waals surface area contributed by atoms with Crippen molar-refractivity contribution in [1.82, 2.24) is 4.31 Å². The number of halogens is 1. The molecule has 164 valence electrons. The number of hydrogen-bond donors (Lipinski definition) is 1. The van der Waals surface area contributed by atoms with Crippen molar-refractivity contribution in [2.24, 2.45) is 0 Å². The molecule has 4 rings (SSSR count). The van der Waals surface area contributed by atoms with Gasteiger partial charge < -0.3 is 5.32 Å². The standard InChI is InChI=1S/C22H24ClN3O4S/c1-15(27)26-20-10-9-17(31(29,30)25-11-5-2-6-12-25)13-16(20)14-21(26)22(28)24-19-8-4-3-7-18(19)23/h3-4,7-10,13,21H,2,5-6,11-12,14H2,1H3,(H,24,28)/t21-/m0/s1. The lowest BCUT2D eigenvalue weighted by Gasteiger charge is -2.26. The molecule has 1 fully saturated rings. The van der Waals surface area contributed by atoms with E-state index in [0.29, 0.717) is 35.1 Å². The first-order chi connectivity index (χ1) is 14.8. The predicted molar refractivity (Wildman–Crippen MR) is 120 cm³/mol. The highest BCUT2D eigenvalue weighted by Gasteiger charge is 2.38. The maximum absolute atomic E-state index is 13.0. The van der Waals surface area contributed by atoms with Gasteiger partial charge in [-0.1, -0.05) is 30.2 Å². The fourth-order valence-electron chi connectivity index (χ4n) is 4.22. The first-order valence-electron chi connectivity index (χ1n) is 10.3. The minimum atomic E-state index is -3.60. The maximum atomic E-state index is 13.0. The van der Waals surface area contributed by atoms with Crippen molar-refractivity contribution < 1.29 is 18.0 Å². The largest absolute Gasteiger partial charge is 0.323 e. The van der Waals surface area contributed by atoms with Gasteiger partial charge in [0.15, 0.2) is 0 Å². The van der Waals surface area contributed by atoms with Gasteiger partial charge in [0.1, 0.15) is 6.04 Å². The van der Waals surface area contributed by atoms with E-state index in [1.54, 1.807) is 36.4 Å². The Kier molecular flexibility index (Phi) is 6.05. The molecule has 0 unspecified atom stereocenters. The van der Waals surface area contributed by atoms with Crippen LogP contribution in [0.5, 0.6) is 0 Å². The molecule has 31 heavy (non-hydrogen) atoms. The van der Waals surface area contributed by atoms with Crippen molar-refractivity contribution in [2.75, 3.05) is 23.3 Å². The van der Waals surface area contributed by atoms with Crippen molar-refractivity contribution in [3.63, 3.8) is 0 Å². The predicted octanol–water partition coefficient (Wildman–Crippen LogP) is 3.43. The summed E-state index contributed by atoms with van der Waals surface area (Å²) >= 11 is 6.14. The monoisotopic (exact) mass is 461 g/mol. The van der Waals surface area contributed by atoms with E-state index < -0.39 is 16.1 Å². The molecule has 0 bridgehead atoms. The molecule has 1 N–H and O–H groups in total. The zero-order chi connectivity index (χ0) is 22.2. The van der Waals surface area contributed by atoms with Gasteiger partial charge in [-0.25, -0.2) is 8.42 Å². The molecule has 2 aromatic carbocycles. The van der Waals surface area contributed by atoms with Gasteiger partial charge in [-0.05, 0) is 48.7 Å². The van der Waals surface area contributed by atoms with Crippen LogP contribution in [0, 0.1) is 0 Å². The number of amides is 2. The number of rotatable bonds is 4. The molecule has 2 heterocycles. The summed E-state index contributed by atoms with van der Waals surface area (Å²) in [6.45, 7) is 2.42. The highest BCUT2D eigenvalue weighted by atomic mass is 35.5. The van der Waals surface area contributed by atoms with E-state index in [0.717, 1.165) is 19.3 Å². The van der Waals surface area contributed by atoms with Crippen LogP contribution in [0.3, 0.4) is 0 Å². The number of carbonyl (C=O) groups excluding carboxylic acids is 2. The van der Waals surface area contributed by atoms with Gasteiger partial charge >= 0.3 is 0 Å². The van der Waals surface area contributed by atoms with Gasteiger partial charge in [-0.3, -0.25) is 14.5 Å². The first kappa shape index (κ1) is 21.8. The SMILES string of the molecule is CC(=O)N1c2ccc(S(=O)(=O)N3CCCCC3)cc2C[C@H]1C(=O)Nc1ccccc1Cl. The number of nitrogens with zero attached hydrogens (tertiary/aromatic N) is 2. The van der Waals surface area contributed by atoms with E-state index in [2.05, 4.69) is 5.32 Å². The lowest BCUT2D eigenvalue weighted by Crippen LogP contribution is -2.44. The van der Waals surface area contributed by atoms with Crippen molar-refractivity contribution in [1.29, 1.82) is 0 Å². The lowest BCUT2D eigenvalue weighted by molar-refractivity contribution is -0.122. The minimum Gasteiger partial charge on any atom is -0.323 e. The zero-order valence-corrected chi connectivity index (χ0v) is 18.7. The van der Waals surface area contributed by atoms with Crippen LogP contribution in [-0.4, -0.2) is 43.7 Å². The number of carbonyl (C=O) groups is 2. The topological polar surface area (TPSA) is 86.8 Å². The Bertz CT molecular complexity index is 1130. The van der Waals surface area contributed by atoms with Gasteiger partial charge in [0.25, 0.3) is 0 Å². The molecular weight excluding hydrogens is 438 g/mol. The van der Waals surface area contributed by atoms with Crippen molar-refractivity contribution in [2.45, 2.75) is 43.5 Å². The van der Waals surface area contributed by atoms with Crippen LogP contribution in [0.25, 0.3) is 0 Å². The number of piperidine rings is 1. The molecule has 1 saturated heterocycles. The van der Waals surface area contributed by atoms with Crippen LogP contribution in [0.2, 0.25) is 5.02 Å². The number of fused-ring (bicyclic) bond motifs is 1. The molecule has 0 spiro atoms. The number of sulfonamides is 1. The smallest absolute Gasteiger partial charge is 0.247 e. The average Bonchev–Trinajstić information content (AvgIpc) is 3.15. The van der Waals surface area contributed by atoms with E-state index in [1.807, 2.05) is 0 Å². The van der Waals surface area contributed by atoms with Crippen LogP contribution in [0.1, 0.15) is 31.7 Å². The summed E-state index contributed by atoms with van der Waals surface area (Å²) in [5.74, 6) is -0.662. The van der Waals surface area contributed by atoms with Gasteiger partial charge in [0.2, 0.25) is 21.8 Å². The molecule has 7 nitrogen and oxygen atoms in total. The van der Waals surface area contributed by atoms with Crippen LogP contribution in [0.4, 0.5) is 11.4 Å². The summed E-state index contributed by atoms with van der Waals surface area (Å²) in [5, 5.41) is 3.18. The van der Waals surface area contributed by atoms with Gasteiger partial charge in [0, 0.05) is 32.1 Å². The summed E-state index contributed by atoms with van der Waals surface area (Å²) in [6, 6.07) is 10.8. The molecule has 0 radical (unpaired) electrons. The third-order valence-corrected chi connectivity index (χ3v) is 7.99. The Hall–Kier alpha value is -2.42. The highest BCUT2D eigenvalue weighted by Crippen LogP contribution is 2.36. The van der Waals surface area contributed by atoms with Crippen LogP contribution in [-0.2, 0) is 26.0 Å². The molecule has 0 aliphatic carbocycles. The molecule has 0 saturated carbocycles. The first-order valence-corrected chi connectivity index (χ1v) is 12.1. The quantitative estimate of drug-likeness (QED) is 0.755. The molecule has 1 atom stereocenters. The number of para-hydroxylation sites is 1. The van der Waals surface area contributed by atoms with Crippen molar-refractivity contribution >= 4 is 44.8 Å². The lowest BCUT2D eigenvalue weighted by atomic mass is 10.1. The normalized spacial score (nSPS) is 19.2. The Morgan fingerprint density at radius 2 is 1.77 bits per heavy atom. The summed E-state index contributed by atoms with van der Waals surface area (Å²) < 4.78 is 27.6. The van der Waals surface area contributed by atoms with Crippen LogP contribution >= 0.6 is 11.6 Å². The molecule has 2 aliphatic heterocycles. The Morgan fingerprint density at radius 3 is 2.45 bits per heavy atom. The summed E-state index contributed by atoms with van der Waals surface area (Å²) in [4.78, 5) is 27.0. The number of benzene rings is 2. The second-order valence-electron chi connectivity index (χ2n) is 7.83. The molecule has 2 aliphatic rings. The third-order valence-electron chi connectivity index (χ3n) is 5.76. The molecule has 2 aromatic rings. The van der Waals surface area contributed by atoms with E-state index in [4.69, 9.17) is 11.6 Å². The fourth-order valence-corrected chi connectivity index (χ4v) is 5.97. The van der Waals surface area contributed by atoms with E-state index >= 15 is 0 Å². The summed E-state index contributed by atoms with van der Waals surface area (Å²) in [6.07, 6.45) is 2.97. The maximum Gasteiger partial charge on any atom is 0.247 e. The molecular formula is C22H24ClN3O4S. The second kappa shape index (κ2) is 8.61. The van der Waals surface area contributed by atoms with E-state index in [1.165, 1.54) is 22.2 Å². The Labute approximate surface area is 187 Å². The number of hydrogen-bond acceptors (Lipinski definition) is 4. The zero-order valence-electron chi connectivity index (χ0n) is 17.2. The van der Waals surface area contributed by atoms with Crippen LogP contribution in [0.15, 0.2) is 47.4 Å². The van der Waals surface area contributed by atoms with Crippen LogP contribution < -0.4 is 10.2 Å². The number of anilines is 2.